The van der Waals surface area contributed by atoms with Crippen LogP contribution in [0.15, 0.2) is 0 Å². The van der Waals surface area contributed by atoms with E-state index in [9.17, 15) is 4.79 Å². The maximum Gasteiger partial charge on any atom is 0.310 e. The van der Waals surface area contributed by atoms with Gasteiger partial charge in [-0.05, 0) is 42.4 Å². The largest absolute Gasteiger partial charge is 0.469 e. The lowest BCUT2D eigenvalue weighted by atomic mass is 9.60. The first kappa shape index (κ1) is 14.8. The second-order valence-corrected chi connectivity index (χ2v) is 7.19. The lowest BCUT2D eigenvalue weighted by Crippen LogP contribution is -2.41. The van der Waals surface area contributed by atoms with E-state index in [4.69, 9.17) is 4.74 Å². The van der Waals surface area contributed by atoms with Gasteiger partial charge in [-0.3, -0.25) is 4.79 Å². The molecule has 0 amide bonds. The van der Waals surface area contributed by atoms with Crippen molar-refractivity contribution in [3.05, 3.63) is 0 Å². The number of hydrogen-bond donors (Lipinski definition) is 1. The van der Waals surface area contributed by atoms with E-state index >= 15 is 0 Å². The van der Waals surface area contributed by atoms with Gasteiger partial charge in [-0.1, -0.05) is 27.2 Å². The number of rotatable bonds is 3. The summed E-state index contributed by atoms with van der Waals surface area (Å²) in [5.74, 6) is 0.864. The van der Waals surface area contributed by atoms with Crippen LogP contribution in [0.3, 0.4) is 0 Å². The highest BCUT2D eigenvalue weighted by atomic mass is 16.5. The summed E-state index contributed by atoms with van der Waals surface area (Å²) in [5.41, 5.74) is 0.613. The Kier molecular flexibility index (Phi) is 4.24. The maximum absolute atomic E-state index is 12.0. The molecule has 3 heteroatoms. The Morgan fingerprint density at radius 2 is 2.00 bits per heavy atom. The van der Waals surface area contributed by atoms with Gasteiger partial charge in [0.1, 0.15) is 0 Å². The van der Waals surface area contributed by atoms with Crippen molar-refractivity contribution >= 4 is 5.97 Å². The molecule has 0 bridgehead atoms. The van der Waals surface area contributed by atoms with Crippen molar-refractivity contribution < 1.29 is 9.53 Å². The molecule has 3 nitrogen and oxygen atoms in total. The SMILES string of the molecule is CCC(C)(C)C1CCC2(CC1)CNCC2C(=O)OC. The Bertz CT molecular complexity index is 330. The number of ether oxygens (including phenoxy) is 1. The molecule has 0 radical (unpaired) electrons. The summed E-state index contributed by atoms with van der Waals surface area (Å²) < 4.78 is 5.00. The van der Waals surface area contributed by atoms with Crippen molar-refractivity contribution in [2.24, 2.45) is 22.7 Å². The zero-order valence-corrected chi connectivity index (χ0v) is 12.9. The van der Waals surface area contributed by atoms with Gasteiger partial charge in [0.05, 0.1) is 13.0 Å². The van der Waals surface area contributed by atoms with Crippen LogP contribution in [0.2, 0.25) is 0 Å². The lowest BCUT2D eigenvalue weighted by molar-refractivity contribution is -0.149. The van der Waals surface area contributed by atoms with E-state index in [1.165, 1.54) is 39.2 Å². The van der Waals surface area contributed by atoms with Gasteiger partial charge in [0, 0.05) is 13.1 Å². The predicted molar refractivity (Wildman–Crippen MR) is 76.8 cm³/mol. The van der Waals surface area contributed by atoms with Crippen molar-refractivity contribution in [1.82, 2.24) is 5.32 Å². The van der Waals surface area contributed by atoms with Crippen LogP contribution in [-0.2, 0) is 9.53 Å². The Labute approximate surface area is 117 Å². The van der Waals surface area contributed by atoms with Crippen LogP contribution >= 0.6 is 0 Å². The van der Waals surface area contributed by atoms with Crippen LogP contribution in [0.5, 0.6) is 0 Å². The quantitative estimate of drug-likeness (QED) is 0.799. The standard InChI is InChI=1S/C16H29NO2/c1-5-15(2,3)12-6-8-16(9-7-12)11-17-10-13(16)14(18)19-4/h12-13,17H,5-11H2,1-4H3. The average Bonchev–Trinajstić information content (AvgIpc) is 2.82. The summed E-state index contributed by atoms with van der Waals surface area (Å²) in [6.07, 6.45) is 6.11. The molecule has 0 aromatic rings. The first-order valence-electron chi connectivity index (χ1n) is 7.74. The molecule has 2 rings (SSSR count). The maximum atomic E-state index is 12.0. The van der Waals surface area contributed by atoms with Crippen LogP contribution < -0.4 is 5.32 Å². The Hall–Kier alpha value is -0.570. The van der Waals surface area contributed by atoms with Crippen molar-refractivity contribution in [2.45, 2.75) is 52.9 Å². The van der Waals surface area contributed by atoms with Gasteiger partial charge in [-0.2, -0.15) is 0 Å². The molecule has 1 heterocycles. The third kappa shape index (κ3) is 2.67. The highest BCUT2D eigenvalue weighted by Gasteiger charge is 2.50. The Morgan fingerprint density at radius 1 is 1.37 bits per heavy atom. The average molecular weight is 267 g/mol. The normalized spacial score (nSPS) is 35.6. The molecule has 2 fully saturated rings. The van der Waals surface area contributed by atoms with Gasteiger partial charge in [0.15, 0.2) is 0 Å². The number of hydrogen-bond acceptors (Lipinski definition) is 3. The van der Waals surface area contributed by atoms with E-state index in [2.05, 4.69) is 26.1 Å². The lowest BCUT2D eigenvalue weighted by Gasteiger charge is -2.45. The summed E-state index contributed by atoms with van der Waals surface area (Å²) >= 11 is 0. The molecule has 19 heavy (non-hydrogen) atoms. The molecule has 110 valence electrons. The van der Waals surface area contributed by atoms with Crippen molar-refractivity contribution in [3.63, 3.8) is 0 Å². The van der Waals surface area contributed by atoms with Gasteiger partial charge in [0.25, 0.3) is 0 Å². The van der Waals surface area contributed by atoms with E-state index < -0.39 is 0 Å². The number of methoxy groups -OCH3 is 1. The van der Waals surface area contributed by atoms with E-state index in [0.29, 0.717) is 5.41 Å². The molecule has 1 aliphatic carbocycles. The first-order valence-corrected chi connectivity index (χ1v) is 7.74. The number of esters is 1. The number of carbonyl (C=O) groups excluding carboxylic acids is 1. The molecule has 1 atom stereocenters. The summed E-state index contributed by atoms with van der Waals surface area (Å²) in [4.78, 5) is 12.0. The number of nitrogens with one attached hydrogen (secondary N) is 1. The fourth-order valence-electron chi connectivity index (χ4n) is 4.07. The predicted octanol–water partition coefficient (Wildman–Crippen LogP) is 2.99. The van der Waals surface area contributed by atoms with E-state index in [0.717, 1.165) is 19.0 Å². The Balaban J connectivity index is 2.04. The topological polar surface area (TPSA) is 38.3 Å². The van der Waals surface area contributed by atoms with Gasteiger partial charge in [-0.15, -0.1) is 0 Å². The van der Waals surface area contributed by atoms with Gasteiger partial charge < -0.3 is 10.1 Å². The van der Waals surface area contributed by atoms with Gasteiger partial charge in [0.2, 0.25) is 0 Å². The second-order valence-electron chi connectivity index (χ2n) is 7.19. The molecular formula is C16H29NO2. The van der Waals surface area contributed by atoms with E-state index in [1.807, 2.05) is 0 Å². The molecule has 1 aliphatic heterocycles. The minimum Gasteiger partial charge on any atom is -0.469 e. The molecule has 0 aromatic carbocycles. The van der Waals surface area contributed by atoms with Crippen LogP contribution in [0.1, 0.15) is 52.9 Å². The minimum atomic E-state index is -0.0156. The smallest absolute Gasteiger partial charge is 0.310 e. The van der Waals surface area contributed by atoms with Gasteiger partial charge >= 0.3 is 5.97 Å². The molecule has 1 saturated carbocycles. The Morgan fingerprint density at radius 3 is 2.53 bits per heavy atom. The summed E-state index contributed by atoms with van der Waals surface area (Å²) in [5, 5.41) is 3.41. The van der Waals surface area contributed by atoms with E-state index in [-0.39, 0.29) is 17.3 Å². The third-order valence-electron chi connectivity index (χ3n) is 6.05. The monoisotopic (exact) mass is 267 g/mol. The molecule has 2 aliphatic rings. The second kappa shape index (κ2) is 5.43. The van der Waals surface area contributed by atoms with Crippen molar-refractivity contribution in [3.8, 4) is 0 Å². The molecular weight excluding hydrogens is 238 g/mol. The third-order valence-corrected chi connectivity index (χ3v) is 6.05. The van der Waals surface area contributed by atoms with Crippen LogP contribution in [0, 0.1) is 22.7 Å². The van der Waals surface area contributed by atoms with Crippen LogP contribution in [0.4, 0.5) is 0 Å². The zero-order valence-electron chi connectivity index (χ0n) is 12.9. The van der Waals surface area contributed by atoms with Gasteiger partial charge in [-0.25, -0.2) is 0 Å². The fourth-order valence-corrected chi connectivity index (χ4v) is 4.07. The molecule has 1 spiro atoms. The fraction of sp³-hybridized carbons (Fsp3) is 0.938. The highest BCUT2D eigenvalue weighted by molar-refractivity contribution is 5.74. The van der Waals surface area contributed by atoms with E-state index in [1.54, 1.807) is 0 Å². The van der Waals surface area contributed by atoms with Crippen molar-refractivity contribution in [2.75, 3.05) is 20.2 Å². The first-order chi connectivity index (χ1) is 8.95. The molecule has 1 N–H and O–H groups in total. The van der Waals surface area contributed by atoms with Crippen molar-refractivity contribution in [1.29, 1.82) is 0 Å². The van der Waals surface area contributed by atoms with Crippen LogP contribution in [0.25, 0.3) is 0 Å². The highest BCUT2D eigenvalue weighted by Crippen LogP contribution is 2.51. The zero-order chi connectivity index (χ0) is 14.1. The van der Waals surface area contributed by atoms with Crippen LogP contribution in [-0.4, -0.2) is 26.2 Å². The number of carbonyl (C=O) groups is 1. The summed E-state index contributed by atoms with van der Waals surface area (Å²) in [6.45, 7) is 8.86. The molecule has 0 aromatic heterocycles. The summed E-state index contributed by atoms with van der Waals surface area (Å²) in [6, 6.07) is 0. The minimum absolute atomic E-state index is 0.0156. The molecule has 1 unspecified atom stereocenters. The summed E-state index contributed by atoms with van der Waals surface area (Å²) in [7, 11) is 1.51. The molecule has 1 saturated heterocycles.